The Labute approximate surface area is 215 Å². The molecule has 0 amide bonds. The van der Waals surface area contributed by atoms with Gasteiger partial charge in [0.25, 0.3) is 0 Å². The first-order valence-corrected chi connectivity index (χ1v) is 12.9. The minimum Gasteiger partial charge on any atom is -0.469 e. The molecule has 0 unspecified atom stereocenters. The van der Waals surface area contributed by atoms with Gasteiger partial charge in [-0.2, -0.15) is 8.78 Å². The van der Waals surface area contributed by atoms with E-state index in [1.54, 1.807) is 6.08 Å². The Hall–Kier alpha value is -3.48. The van der Waals surface area contributed by atoms with Crippen LogP contribution in [-0.4, -0.2) is 29.2 Å². The number of esters is 1. The second-order valence-corrected chi connectivity index (χ2v) is 10.2. The van der Waals surface area contributed by atoms with Crippen molar-refractivity contribution in [3.05, 3.63) is 71.2 Å². The van der Waals surface area contributed by atoms with Crippen LogP contribution in [0.25, 0.3) is 28.6 Å². The molecule has 1 fully saturated rings. The topological polar surface area (TPSA) is 64.2 Å². The molecule has 2 aromatic carbocycles. The number of nitrogens with one attached hydrogen (secondary N) is 1. The summed E-state index contributed by atoms with van der Waals surface area (Å²) >= 11 is 0. The van der Waals surface area contributed by atoms with Crippen molar-refractivity contribution >= 4 is 12.0 Å². The number of benzene rings is 2. The van der Waals surface area contributed by atoms with Crippen LogP contribution in [0.15, 0.2) is 54.3 Å². The van der Waals surface area contributed by atoms with Gasteiger partial charge in [0.05, 0.1) is 12.8 Å². The number of alkyl halides is 2. The lowest BCUT2D eigenvalue weighted by molar-refractivity contribution is -0.199. The van der Waals surface area contributed by atoms with Crippen molar-refractivity contribution in [3.8, 4) is 22.5 Å². The van der Waals surface area contributed by atoms with E-state index in [-0.39, 0.29) is 11.7 Å². The van der Waals surface area contributed by atoms with Crippen LogP contribution < -0.4 is 0 Å². The molecular formula is C30H32F2N2O3. The summed E-state index contributed by atoms with van der Waals surface area (Å²) in [6, 6.07) is 17.0. The van der Waals surface area contributed by atoms with Gasteiger partial charge in [-0.1, -0.05) is 48.5 Å². The van der Waals surface area contributed by atoms with Gasteiger partial charge in [0.1, 0.15) is 11.6 Å². The van der Waals surface area contributed by atoms with Gasteiger partial charge in [-0.15, -0.1) is 0 Å². The Balaban J connectivity index is 1.22. The molecule has 0 saturated heterocycles. The normalized spacial score (nSPS) is 19.6. The number of allylic oxidation sites excluding steroid dienone is 1. The molecule has 0 atom stereocenters. The Morgan fingerprint density at radius 3 is 2.22 bits per heavy atom. The molecule has 2 aliphatic carbocycles. The predicted molar refractivity (Wildman–Crippen MR) is 139 cm³/mol. The lowest BCUT2D eigenvalue weighted by Crippen LogP contribution is -2.17. The average Bonchev–Trinajstić information content (AvgIpc) is 3.32. The SMILES string of the molecule is COC(=O)CC1CCC(c2ccc(-c3ccc(-c4nc5c([nH]4)CCC(OC(C)(F)F)=C5)cc3)cc2)CC1. The molecule has 1 N–H and O–H groups in total. The van der Waals surface area contributed by atoms with E-state index in [0.29, 0.717) is 36.8 Å². The molecule has 0 aliphatic heterocycles. The molecule has 0 bridgehead atoms. The van der Waals surface area contributed by atoms with Crippen molar-refractivity contribution in [3.63, 3.8) is 0 Å². The number of ether oxygens (including phenoxy) is 2. The van der Waals surface area contributed by atoms with Gasteiger partial charge in [0.2, 0.25) is 0 Å². The molecule has 194 valence electrons. The summed E-state index contributed by atoms with van der Waals surface area (Å²) in [5.74, 6) is 1.85. The Morgan fingerprint density at radius 2 is 1.59 bits per heavy atom. The highest BCUT2D eigenvalue weighted by atomic mass is 19.3. The molecule has 7 heteroatoms. The number of carbonyl (C=O) groups excluding carboxylic acids is 1. The van der Waals surface area contributed by atoms with Crippen LogP contribution in [0.4, 0.5) is 8.78 Å². The number of hydrogen-bond donors (Lipinski definition) is 1. The lowest BCUT2D eigenvalue weighted by Gasteiger charge is -2.28. The highest BCUT2D eigenvalue weighted by molar-refractivity contribution is 5.70. The fraction of sp³-hybridized carbons (Fsp3) is 0.400. The molecule has 1 saturated carbocycles. The maximum absolute atomic E-state index is 13.2. The number of aromatic nitrogens is 2. The monoisotopic (exact) mass is 506 g/mol. The molecule has 5 rings (SSSR count). The first-order valence-electron chi connectivity index (χ1n) is 12.9. The lowest BCUT2D eigenvalue weighted by atomic mass is 9.77. The number of fused-ring (bicyclic) bond motifs is 1. The summed E-state index contributed by atoms with van der Waals surface area (Å²) in [5, 5.41) is 0. The minimum absolute atomic E-state index is 0.106. The van der Waals surface area contributed by atoms with Gasteiger partial charge in [-0.05, 0) is 60.6 Å². The highest BCUT2D eigenvalue weighted by Crippen LogP contribution is 2.38. The van der Waals surface area contributed by atoms with Crippen molar-refractivity contribution < 1.29 is 23.0 Å². The van der Waals surface area contributed by atoms with Crippen molar-refractivity contribution in [1.29, 1.82) is 0 Å². The van der Waals surface area contributed by atoms with Gasteiger partial charge in [0.15, 0.2) is 0 Å². The van der Waals surface area contributed by atoms with E-state index in [4.69, 9.17) is 9.47 Å². The predicted octanol–water partition coefficient (Wildman–Crippen LogP) is 7.50. The van der Waals surface area contributed by atoms with Crippen LogP contribution in [0.1, 0.15) is 68.3 Å². The number of aryl methyl sites for hydroxylation is 1. The van der Waals surface area contributed by atoms with Crippen molar-refractivity contribution in [2.75, 3.05) is 7.11 Å². The third-order valence-electron chi connectivity index (χ3n) is 7.44. The zero-order valence-electron chi connectivity index (χ0n) is 21.2. The summed E-state index contributed by atoms with van der Waals surface area (Å²) in [6.45, 7) is 0.744. The largest absolute Gasteiger partial charge is 0.469 e. The zero-order chi connectivity index (χ0) is 26.0. The van der Waals surface area contributed by atoms with Crippen molar-refractivity contribution in [2.24, 2.45) is 5.92 Å². The van der Waals surface area contributed by atoms with Gasteiger partial charge < -0.3 is 14.5 Å². The summed E-state index contributed by atoms with van der Waals surface area (Å²) in [6.07, 6.45) is 4.27. The van der Waals surface area contributed by atoms with Gasteiger partial charge >= 0.3 is 12.1 Å². The number of imidazole rings is 1. The first kappa shape index (κ1) is 25.2. The maximum Gasteiger partial charge on any atom is 0.394 e. The molecule has 1 heterocycles. The minimum atomic E-state index is -3.19. The smallest absolute Gasteiger partial charge is 0.394 e. The summed E-state index contributed by atoms with van der Waals surface area (Å²) in [4.78, 5) is 19.5. The van der Waals surface area contributed by atoms with Crippen LogP contribution in [0.2, 0.25) is 0 Å². The summed E-state index contributed by atoms with van der Waals surface area (Å²) < 4.78 is 36.0. The summed E-state index contributed by atoms with van der Waals surface area (Å²) in [7, 11) is 1.45. The number of halogens is 2. The third-order valence-corrected chi connectivity index (χ3v) is 7.44. The number of nitrogens with zero attached hydrogens (tertiary/aromatic N) is 1. The molecule has 37 heavy (non-hydrogen) atoms. The van der Waals surface area contributed by atoms with E-state index >= 15 is 0 Å². The van der Waals surface area contributed by atoms with Crippen molar-refractivity contribution in [2.45, 2.75) is 63.9 Å². The quantitative estimate of drug-likeness (QED) is 0.337. The van der Waals surface area contributed by atoms with Crippen LogP contribution in [0, 0.1) is 5.92 Å². The maximum atomic E-state index is 13.2. The molecule has 3 aromatic rings. The van der Waals surface area contributed by atoms with Gasteiger partial charge in [-0.3, -0.25) is 4.79 Å². The van der Waals surface area contributed by atoms with E-state index in [2.05, 4.69) is 46.4 Å². The average molecular weight is 507 g/mol. The zero-order valence-corrected chi connectivity index (χ0v) is 21.2. The van der Waals surface area contributed by atoms with Crippen LogP contribution in [0.5, 0.6) is 0 Å². The molecular weight excluding hydrogens is 474 g/mol. The van der Waals surface area contributed by atoms with Crippen LogP contribution in [0.3, 0.4) is 0 Å². The fourth-order valence-electron chi connectivity index (χ4n) is 5.44. The number of aromatic amines is 1. The van der Waals surface area contributed by atoms with Gasteiger partial charge in [-0.25, -0.2) is 4.98 Å². The Kier molecular flexibility index (Phi) is 7.13. The molecule has 0 spiro atoms. The second kappa shape index (κ2) is 10.5. The fourth-order valence-corrected chi connectivity index (χ4v) is 5.44. The Morgan fingerprint density at radius 1 is 0.973 bits per heavy atom. The number of methoxy groups -OCH3 is 1. The van der Waals surface area contributed by atoms with E-state index < -0.39 is 6.11 Å². The van der Waals surface area contributed by atoms with Crippen molar-refractivity contribution in [1.82, 2.24) is 9.97 Å². The standard InChI is InChI=1S/C30H32F2N2O3/c1-30(31,32)37-25-15-16-26-27(18-25)34-29(33-26)24-13-11-23(12-14-24)22-9-7-21(8-10-22)20-5-3-19(4-6-20)17-28(35)36-2/h7-14,18-20H,3-6,15-17H2,1-2H3,(H,33,34). The number of H-pyrrole nitrogens is 1. The third kappa shape index (κ3) is 6.09. The molecule has 2 aliphatic rings. The van der Waals surface area contributed by atoms with E-state index in [0.717, 1.165) is 60.8 Å². The second-order valence-electron chi connectivity index (χ2n) is 10.2. The first-order chi connectivity index (χ1) is 17.8. The highest BCUT2D eigenvalue weighted by Gasteiger charge is 2.27. The number of rotatable bonds is 7. The van der Waals surface area contributed by atoms with E-state index in [1.807, 2.05) is 12.1 Å². The van der Waals surface area contributed by atoms with Crippen LogP contribution in [-0.2, 0) is 20.7 Å². The summed E-state index contributed by atoms with van der Waals surface area (Å²) in [5.41, 5.74) is 6.15. The Bertz CT molecular complexity index is 1270. The number of carbonyl (C=O) groups is 1. The molecule has 5 nitrogen and oxygen atoms in total. The molecule has 1 aromatic heterocycles. The molecule has 0 radical (unpaired) electrons. The van der Waals surface area contributed by atoms with E-state index in [9.17, 15) is 13.6 Å². The van der Waals surface area contributed by atoms with Crippen LogP contribution >= 0.6 is 0 Å². The van der Waals surface area contributed by atoms with Gasteiger partial charge in [0, 0.05) is 37.1 Å². The van der Waals surface area contributed by atoms with E-state index in [1.165, 1.54) is 12.7 Å². The number of hydrogen-bond acceptors (Lipinski definition) is 4.